The van der Waals surface area contributed by atoms with Crippen molar-refractivity contribution in [3.8, 4) is 6.07 Å². The van der Waals surface area contributed by atoms with Crippen molar-refractivity contribution in [2.75, 3.05) is 6.54 Å². The Hall–Kier alpha value is -1.57. The van der Waals surface area contributed by atoms with Crippen molar-refractivity contribution in [2.24, 2.45) is 5.92 Å². The van der Waals surface area contributed by atoms with E-state index in [-0.39, 0.29) is 12.5 Å². The Morgan fingerprint density at radius 3 is 2.62 bits per heavy atom. The lowest BCUT2D eigenvalue weighted by atomic mass is 9.92. The Kier molecular flexibility index (Phi) is 3.53. The maximum absolute atomic E-state index is 11.9. The smallest absolute Gasteiger partial charge is 0.323 e. The van der Waals surface area contributed by atoms with E-state index in [1.54, 1.807) is 6.92 Å². The van der Waals surface area contributed by atoms with Gasteiger partial charge in [-0.25, -0.2) is 9.69 Å². The fraction of sp³-hybridized carbons (Fsp3) is 0.727. The molecule has 1 saturated heterocycles. The van der Waals surface area contributed by atoms with Crippen molar-refractivity contribution in [1.82, 2.24) is 10.2 Å². The predicted molar refractivity (Wildman–Crippen MR) is 58.3 cm³/mol. The van der Waals surface area contributed by atoms with E-state index < -0.39 is 11.6 Å². The number of nitrogens with zero attached hydrogens (tertiary/aromatic N) is 2. The lowest BCUT2D eigenvalue weighted by Crippen LogP contribution is -2.44. The number of imide groups is 1. The fourth-order valence-electron chi connectivity index (χ4n) is 1.71. The van der Waals surface area contributed by atoms with Gasteiger partial charge in [-0.05, 0) is 25.7 Å². The van der Waals surface area contributed by atoms with Crippen molar-refractivity contribution in [3.63, 3.8) is 0 Å². The molecule has 1 unspecified atom stereocenters. The number of rotatable bonds is 4. The summed E-state index contributed by atoms with van der Waals surface area (Å²) in [5.41, 5.74) is -0.835. The van der Waals surface area contributed by atoms with Crippen molar-refractivity contribution < 1.29 is 9.59 Å². The third-order valence-electron chi connectivity index (χ3n) is 2.80. The van der Waals surface area contributed by atoms with E-state index in [1.165, 1.54) is 0 Å². The average molecular weight is 223 g/mol. The molecule has 0 aliphatic carbocycles. The fourth-order valence-corrected chi connectivity index (χ4v) is 1.71. The molecule has 3 amide bonds. The van der Waals surface area contributed by atoms with Crippen LogP contribution in [-0.4, -0.2) is 28.9 Å². The van der Waals surface area contributed by atoms with Crippen LogP contribution in [0.15, 0.2) is 0 Å². The number of hydrogen-bond donors (Lipinski definition) is 1. The number of urea groups is 1. The quantitative estimate of drug-likeness (QED) is 0.576. The molecule has 0 aromatic heterocycles. The summed E-state index contributed by atoms with van der Waals surface area (Å²) in [6.45, 7) is 5.67. The Morgan fingerprint density at radius 1 is 1.50 bits per heavy atom. The topological polar surface area (TPSA) is 73.2 Å². The van der Waals surface area contributed by atoms with Crippen molar-refractivity contribution in [2.45, 2.75) is 39.2 Å². The number of nitriles is 1. The first-order valence-corrected chi connectivity index (χ1v) is 5.42. The largest absolute Gasteiger partial charge is 0.325 e. The maximum Gasteiger partial charge on any atom is 0.325 e. The highest BCUT2D eigenvalue weighted by atomic mass is 16.2. The molecule has 1 fully saturated rings. The zero-order valence-electron chi connectivity index (χ0n) is 9.91. The Morgan fingerprint density at radius 2 is 2.12 bits per heavy atom. The van der Waals surface area contributed by atoms with Gasteiger partial charge in [0.25, 0.3) is 5.91 Å². The van der Waals surface area contributed by atoms with Crippen LogP contribution in [0.5, 0.6) is 0 Å². The second kappa shape index (κ2) is 4.52. The van der Waals surface area contributed by atoms with Gasteiger partial charge in [-0.1, -0.05) is 13.8 Å². The van der Waals surface area contributed by atoms with E-state index in [2.05, 4.69) is 19.2 Å². The minimum absolute atomic E-state index is 0.179. The summed E-state index contributed by atoms with van der Waals surface area (Å²) in [6.07, 6.45) is 1.47. The lowest BCUT2D eigenvalue weighted by molar-refractivity contribution is -0.130. The molecule has 88 valence electrons. The zero-order valence-corrected chi connectivity index (χ0v) is 9.91. The van der Waals surface area contributed by atoms with Crippen LogP contribution in [0.25, 0.3) is 0 Å². The maximum atomic E-state index is 11.9. The SMILES string of the molecule is CC(C)CCC1(C)NC(=O)N(CC#N)C1=O. The van der Waals surface area contributed by atoms with E-state index in [0.717, 1.165) is 11.3 Å². The zero-order chi connectivity index (χ0) is 12.3. The Balaban J connectivity index is 2.73. The van der Waals surface area contributed by atoms with Gasteiger partial charge in [0.2, 0.25) is 0 Å². The first-order chi connectivity index (χ1) is 7.40. The first kappa shape index (κ1) is 12.5. The van der Waals surface area contributed by atoms with Gasteiger partial charge in [-0.2, -0.15) is 5.26 Å². The van der Waals surface area contributed by atoms with E-state index in [9.17, 15) is 9.59 Å². The molecule has 1 aliphatic heterocycles. The van der Waals surface area contributed by atoms with Gasteiger partial charge < -0.3 is 5.32 Å². The Labute approximate surface area is 95.4 Å². The minimum Gasteiger partial charge on any atom is -0.323 e. The summed E-state index contributed by atoms with van der Waals surface area (Å²) in [4.78, 5) is 24.4. The summed E-state index contributed by atoms with van der Waals surface area (Å²) in [6, 6.07) is 1.36. The normalized spacial score (nSPS) is 24.8. The summed E-state index contributed by atoms with van der Waals surface area (Å²) in [5, 5.41) is 11.2. The molecule has 5 nitrogen and oxygen atoms in total. The lowest BCUT2D eigenvalue weighted by Gasteiger charge is -2.22. The van der Waals surface area contributed by atoms with Gasteiger partial charge in [-0.15, -0.1) is 0 Å². The van der Waals surface area contributed by atoms with Gasteiger partial charge >= 0.3 is 6.03 Å². The van der Waals surface area contributed by atoms with Gasteiger partial charge in [0, 0.05) is 0 Å². The molecule has 16 heavy (non-hydrogen) atoms. The van der Waals surface area contributed by atoms with Gasteiger partial charge in [0.05, 0.1) is 6.07 Å². The molecule has 1 rings (SSSR count). The number of nitrogens with one attached hydrogen (secondary N) is 1. The molecular formula is C11H17N3O2. The molecule has 0 spiro atoms. The first-order valence-electron chi connectivity index (χ1n) is 5.42. The van der Waals surface area contributed by atoms with E-state index in [1.807, 2.05) is 6.07 Å². The molecule has 0 aromatic rings. The average Bonchev–Trinajstić information content (AvgIpc) is 2.41. The highest BCUT2D eigenvalue weighted by molar-refractivity contribution is 6.06. The molecule has 1 atom stereocenters. The molecule has 5 heteroatoms. The van der Waals surface area contributed by atoms with E-state index in [0.29, 0.717) is 12.3 Å². The van der Waals surface area contributed by atoms with Crippen LogP contribution in [-0.2, 0) is 4.79 Å². The summed E-state index contributed by atoms with van der Waals surface area (Å²) < 4.78 is 0. The molecule has 0 aromatic carbocycles. The third kappa shape index (κ3) is 2.32. The second-order valence-corrected chi connectivity index (χ2v) is 4.74. The van der Waals surface area contributed by atoms with Crippen LogP contribution in [0.2, 0.25) is 0 Å². The van der Waals surface area contributed by atoms with Gasteiger partial charge in [-0.3, -0.25) is 4.79 Å². The highest BCUT2D eigenvalue weighted by Crippen LogP contribution is 2.24. The molecule has 0 bridgehead atoms. The number of carbonyl (C=O) groups excluding carboxylic acids is 2. The highest BCUT2D eigenvalue weighted by Gasteiger charge is 2.47. The van der Waals surface area contributed by atoms with Crippen LogP contribution in [0.3, 0.4) is 0 Å². The molecule has 1 N–H and O–H groups in total. The molecular weight excluding hydrogens is 206 g/mol. The van der Waals surface area contributed by atoms with Crippen molar-refractivity contribution in [3.05, 3.63) is 0 Å². The molecule has 1 heterocycles. The monoisotopic (exact) mass is 223 g/mol. The third-order valence-corrected chi connectivity index (χ3v) is 2.80. The standard InChI is InChI=1S/C11H17N3O2/c1-8(2)4-5-11(3)9(15)14(7-6-12)10(16)13-11/h8H,4-5,7H2,1-3H3,(H,13,16). The number of carbonyl (C=O) groups is 2. The minimum atomic E-state index is -0.835. The van der Waals surface area contributed by atoms with Crippen LogP contribution < -0.4 is 5.32 Å². The Bertz CT molecular complexity index is 346. The second-order valence-electron chi connectivity index (χ2n) is 4.74. The van der Waals surface area contributed by atoms with Crippen molar-refractivity contribution in [1.29, 1.82) is 5.26 Å². The predicted octanol–water partition coefficient (Wildman–Crippen LogP) is 1.26. The summed E-state index contributed by atoms with van der Waals surface area (Å²) >= 11 is 0. The summed E-state index contributed by atoms with van der Waals surface area (Å²) in [5.74, 6) is 0.186. The van der Waals surface area contributed by atoms with Crippen LogP contribution in [0.4, 0.5) is 4.79 Å². The number of hydrogen-bond acceptors (Lipinski definition) is 3. The van der Waals surface area contributed by atoms with Gasteiger partial charge in [0.1, 0.15) is 12.1 Å². The molecule has 0 radical (unpaired) electrons. The van der Waals surface area contributed by atoms with E-state index >= 15 is 0 Å². The van der Waals surface area contributed by atoms with Crippen LogP contribution in [0.1, 0.15) is 33.6 Å². The van der Waals surface area contributed by atoms with Crippen LogP contribution in [0, 0.1) is 17.2 Å². The summed E-state index contributed by atoms with van der Waals surface area (Å²) in [7, 11) is 0. The number of amides is 3. The van der Waals surface area contributed by atoms with Crippen LogP contribution >= 0.6 is 0 Å². The molecule has 1 aliphatic rings. The molecule has 0 saturated carbocycles. The van der Waals surface area contributed by atoms with E-state index in [4.69, 9.17) is 5.26 Å². The van der Waals surface area contributed by atoms with Gasteiger partial charge in [0.15, 0.2) is 0 Å². The van der Waals surface area contributed by atoms with Crippen molar-refractivity contribution >= 4 is 11.9 Å².